The standard InChI is InChI=1S/C75H105N3O6/c1-70(2,3)58-34-46-28-52-40-61(73(10,11)12)42-54(67(52)82-25-22-76)30-48-36-59(71(4,5)6)38-50(65(48)80-20)32-56-44-63(75(16,17)18)45-57(69(56)84-27-24-78)33-51-39-60(72(7,8)9)37-49(66(51)81-21)31-55-43-62(74(13,14)15)41-53(68(55)83-26-23-77)29-47(35-58)64(46)79-19/h34-45H,22-33,76-78H2,1-21H3. The molecule has 0 saturated heterocycles. The van der Waals surface area contributed by atoms with Crippen LogP contribution in [0.3, 0.4) is 0 Å². The fourth-order valence-electron chi connectivity index (χ4n) is 11.8. The van der Waals surface area contributed by atoms with Crippen LogP contribution in [0, 0.1) is 0 Å². The molecule has 6 N–H and O–H groups in total. The number of benzene rings is 6. The molecular weight excluding hydrogens is 1040 g/mol. The largest absolute Gasteiger partial charge is 0.496 e. The molecule has 0 saturated carbocycles. The highest BCUT2D eigenvalue weighted by Gasteiger charge is 2.31. The van der Waals surface area contributed by atoms with Crippen LogP contribution >= 0.6 is 0 Å². The first-order valence-corrected chi connectivity index (χ1v) is 30.7. The Bertz CT molecular complexity index is 2810. The molecule has 0 fully saturated rings. The summed E-state index contributed by atoms with van der Waals surface area (Å²) in [5.74, 6) is 5.05. The van der Waals surface area contributed by atoms with Gasteiger partial charge in [-0.2, -0.15) is 0 Å². The van der Waals surface area contributed by atoms with E-state index in [1.165, 1.54) is 33.4 Å². The van der Waals surface area contributed by atoms with Crippen LogP contribution in [-0.4, -0.2) is 60.8 Å². The number of methoxy groups -OCH3 is 3. The highest BCUT2D eigenvalue weighted by molar-refractivity contribution is 5.61. The molecule has 0 aromatic heterocycles. The van der Waals surface area contributed by atoms with E-state index in [0.717, 1.165) is 101 Å². The molecule has 456 valence electrons. The summed E-state index contributed by atoms with van der Waals surface area (Å²) in [6.07, 6.45) is 3.31. The van der Waals surface area contributed by atoms with Crippen molar-refractivity contribution in [2.24, 2.45) is 17.2 Å². The van der Waals surface area contributed by atoms with Gasteiger partial charge in [-0.05, 0) is 133 Å². The summed E-state index contributed by atoms with van der Waals surface area (Å²) in [5.41, 5.74) is 38.1. The zero-order valence-corrected chi connectivity index (χ0v) is 55.6. The van der Waals surface area contributed by atoms with Gasteiger partial charge < -0.3 is 45.6 Å². The van der Waals surface area contributed by atoms with Gasteiger partial charge >= 0.3 is 0 Å². The summed E-state index contributed by atoms with van der Waals surface area (Å²) in [6, 6.07) is 28.2. The lowest BCUT2D eigenvalue weighted by atomic mass is 9.79. The Labute approximate surface area is 507 Å². The van der Waals surface area contributed by atoms with E-state index in [-0.39, 0.29) is 32.5 Å². The molecule has 0 atom stereocenters. The van der Waals surface area contributed by atoms with Crippen molar-refractivity contribution in [1.29, 1.82) is 0 Å². The van der Waals surface area contributed by atoms with Crippen molar-refractivity contribution in [3.8, 4) is 34.5 Å². The van der Waals surface area contributed by atoms with Gasteiger partial charge in [0.05, 0.1) is 21.3 Å². The molecular formula is C75H105N3O6. The van der Waals surface area contributed by atoms with Crippen LogP contribution in [0.4, 0.5) is 0 Å². The van der Waals surface area contributed by atoms with Crippen molar-refractivity contribution < 1.29 is 28.4 Å². The van der Waals surface area contributed by atoms with E-state index in [4.69, 9.17) is 45.6 Å². The van der Waals surface area contributed by atoms with E-state index in [9.17, 15) is 0 Å². The summed E-state index contributed by atoms with van der Waals surface area (Å²) in [6.45, 7) is 43.4. The van der Waals surface area contributed by atoms with Crippen LogP contribution < -0.4 is 45.6 Å². The number of rotatable bonds is 12. The predicted molar refractivity (Wildman–Crippen MR) is 351 cm³/mol. The van der Waals surface area contributed by atoms with Gasteiger partial charge in [0.2, 0.25) is 0 Å². The second kappa shape index (κ2) is 25.5. The predicted octanol–water partition coefficient (Wildman–Crippen LogP) is 15.4. The molecule has 0 spiro atoms. The second-order valence-corrected chi connectivity index (χ2v) is 29.8. The first-order valence-electron chi connectivity index (χ1n) is 30.7. The van der Waals surface area contributed by atoms with E-state index in [1.807, 2.05) is 21.3 Å². The molecule has 0 amide bonds. The molecule has 0 aliphatic heterocycles. The number of nitrogens with two attached hydrogens (primary N) is 3. The molecule has 1 aliphatic rings. The maximum Gasteiger partial charge on any atom is 0.126 e. The molecule has 7 rings (SSSR count). The molecule has 0 radical (unpaired) electrons. The number of hydrogen-bond donors (Lipinski definition) is 3. The minimum Gasteiger partial charge on any atom is -0.496 e. The zero-order chi connectivity index (χ0) is 62.1. The SMILES string of the molecule is COc1c2cc(C(C)(C)C)cc1Cc1cc(C(C)(C)C)cc(c1OCCN)Cc1cc(C(C)(C)C)cc(c1OC)Cc1cc(C(C)(C)C)cc(c1OCCN)Cc1cc(C(C)(C)C)cc(c1OC)Cc1cc(C(C)(C)C)cc(c1OCCN)C2. The van der Waals surface area contributed by atoms with Crippen LogP contribution in [0.15, 0.2) is 72.8 Å². The fraction of sp³-hybridized carbons (Fsp3) is 0.520. The van der Waals surface area contributed by atoms with E-state index in [2.05, 4.69) is 197 Å². The normalized spacial score (nSPS) is 13.7. The Morgan fingerprint density at radius 2 is 0.381 bits per heavy atom. The van der Waals surface area contributed by atoms with Crippen LogP contribution in [-0.2, 0) is 71.0 Å². The van der Waals surface area contributed by atoms with Crippen LogP contribution in [0.25, 0.3) is 0 Å². The molecule has 12 bridgehead atoms. The summed E-state index contributed by atoms with van der Waals surface area (Å²) in [7, 11) is 5.43. The van der Waals surface area contributed by atoms with Gasteiger partial charge in [0, 0.05) is 58.2 Å². The average molecular weight is 1140 g/mol. The summed E-state index contributed by atoms with van der Waals surface area (Å²) in [5, 5.41) is 0. The average Bonchev–Trinajstić information content (AvgIpc) is 1.40. The second-order valence-electron chi connectivity index (χ2n) is 29.8. The van der Waals surface area contributed by atoms with Crippen LogP contribution in [0.1, 0.15) is 225 Å². The van der Waals surface area contributed by atoms with Gasteiger partial charge in [-0.3, -0.25) is 0 Å². The van der Waals surface area contributed by atoms with Crippen molar-refractivity contribution >= 4 is 0 Å². The summed E-state index contributed by atoms with van der Waals surface area (Å²) >= 11 is 0. The fourth-order valence-corrected chi connectivity index (χ4v) is 11.8. The van der Waals surface area contributed by atoms with E-state index in [0.29, 0.717) is 78.0 Å². The number of hydrogen-bond acceptors (Lipinski definition) is 9. The first-order chi connectivity index (χ1) is 39.1. The van der Waals surface area contributed by atoms with E-state index in [1.54, 1.807) is 0 Å². The van der Waals surface area contributed by atoms with Crippen molar-refractivity contribution in [1.82, 2.24) is 0 Å². The molecule has 6 aromatic carbocycles. The van der Waals surface area contributed by atoms with E-state index < -0.39 is 0 Å². The van der Waals surface area contributed by atoms with Crippen LogP contribution in [0.2, 0.25) is 0 Å². The quantitative estimate of drug-likeness (QED) is 0.109. The van der Waals surface area contributed by atoms with Crippen LogP contribution in [0.5, 0.6) is 34.5 Å². The lowest BCUT2D eigenvalue weighted by Gasteiger charge is -2.29. The molecule has 9 heteroatoms. The third kappa shape index (κ3) is 15.1. The Hall–Kier alpha value is -6.00. The molecule has 6 aromatic rings. The third-order valence-corrected chi connectivity index (χ3v) is 16.6. The molecule has 0 unspecified atom stereocenters. The molecule has 1 aliphatic carbocycles. The van der Waals surface area contributed by atoms with Gasteiger partial charge in [0.1, 0.15) is 54.3 Å². The molecule has 0 heterocycles. The maximum absolute atomic E-state index is 6.98. The topological polar surface area (TPSA) is 133 Å². The molecule has 9 nitrogen and oxygen atoms in total. The lowest BCUT2D eigenvalue weighted by Crippen LogP contribution is -2.18. The summed E-state index contributed by atoms with van der Waals surface area (Å²) < 4.78 is 41.0. The van der Waals surface area contributed by atoms with Crippen molar-refractivity contribution in [3.05, 3.63) is 173 Å². The third-order valence-electron chi connectivity index (χ3n) is 16.6. The zero-order valence-electron chi connectivity index (χ0n) is 55.6. The Morgan fingerprint density at radius 3 is 0.488 bits per heavy atom. The van der Waals surface area contributed by atoms with Gasteiger partial charge in [0.15, 0.2) is 0 Å². The molecule has 84 heavy (non-hydrogen) atoms. The highest BCUT2D eigenvalue weighted by atomic mass is 16.5. The van der Waals surface area contributed by atoms with Gasteiger partial charge in [0.25, 0.3) is 0 Å². The highest BCUT2D eigenvalue weighted by Crippen LogP contribution is 2.46. The van der Waals surface area contributed by atoms with Crippen molar-refractivity contribution in [2.45, 2.75) is 196 Å². The first kappa shape index (κ1) is 65.5. The number of fused-ring (bicyclic) bond motifs is 12. The maximum atomic E-state index is 6.98. The van der Waals surface area contributed by atoms with Gasteiger partial charge in [-0.25, -0.2) is 0 Å². The minimum atomic E-state index is -0.201. The smallest absolute Gasteiger partial charge is 0.126 e. The van der Waals surface area contributed by atoms with Crippen molar-refractivity contribution in [3.63, 3.8) is 0 Å². The Balaban J connectivity index is 1.70. The summed E-state index contributed by atoms with van der Waals surface area (Å²) in [4.78, 5) is 0. The Kier molecular flexibility index (Phi) is 19.9. The Morgan fingerprint density at radius 1 is 0.250 bits per heavy atom. The minimum absolute atomic E-state index is 0.197. The van der Waals surface area contributed by atoms with Gasteiger partial charge in [-0.1, -0.05) is 197 Å². The van der Waals surface area contributed by atoms with Crippen molar-refractivity contribution in [2.75, 3.05) is 60.8 Å². The lowest BCUT2D eigenvalue weighted by molar-refractivity contribution is 0.321. The number of ether oxygens (including phenoxy) is 6. The monoisotopic (exact) mass is 1140 g/mol. The van der Waals surface area contributed by atoms with E-state index >= 15 is 0 Å². The van der Waals surface area contributed by atoms with Gasteiger partial charge in [-0.15, -0.1) is 0 Å².